The van der Waals surface area contributed by atoms with Crippen LogP contribution in [-0.2, 0) is 19.1 Å². The molecule has 0 radical (unpaired) electrons. The molecule has 3 amide bonds. The van der Waals surface area contributed by atoms with E-state index in [1.54, 1.807) is 36.4 Å². The van der Waals surface area contributed by atoms with Gasteiger partial charge in [0, 0.05) is 5.69 Å². The molecule has 3 saturated heterocycles. The molecule has 3 aliphatic heterocycles. The zero-order valence-corrected chi connectivity index (χ0v) is 25.5. The Morgan fingerprint density at radius 1 is 1.12 bits per heavy atom. The van der Waals surface area contributed by atoms with Crippen LogP contribution in [0.2, 0.25) is 5.02 Å². The van der Waals surface area contributed by atoms with Crippen LogP contribution in [-0.4, -0.2) is 64.2 Å². The van der Waals surface area contributed by atoms with Gasteiger partial charge in [-0.2, -0.15) is 0 Å². The summed E-state index contributed by atoms with van der Waals surface area (Å²) >= 11 is 6.46. The number of anilines is 2. The molecule has 2 aromatic carbocycles. The Hall–Kier alpha value is -3.14. The quantitative estimate of drug-likeness (QED) is 0.362. The third-order valence-corrected chi connectivity index (χ3v) is 9.68. The minimum absolute atomic E-state index is 0.153. The average Bonchev–Trinajstić information content (AvgIpc) is 3.56. The maximum Gasteiger partial charge on any atom is 0.250 e. The second-order valence-electron chi connectivity index (χ2n) is 11.9. The van der Waals surface area contributed by atoms with Crippen molar-refractivity contribution in [2.75, 3.05) is 23.8 Å². The molecule has 10 heteroatoms. The first kappa shape index (κ1) is 30.3. The fourth-order valence-electron chi connectivity index (χ4n) is 7.33. The third kappa shape index (κ3) is 4.75. The molecule has 2 unspecified atom stereocenters. The summed E-state index contributed by atoms with van der Waals surface area (Å²) in [6.07, 6.45) is 1.48. The van der Waals surface area contributed by atoms with Gasteiger partial charge in [-0.25, -0.2) is 0 Å². The summed E-state index contributed by atoms with van der Waals surface area (Å²) in [5.41, 5.74) is -0.308. The van der Waals surface area contributed by atoms with Crippen LogP contribution < -0.4 is 15.4 Å². The molecule has 3 heterocycles. The second-order valence-corrected chi connectivity index (χ2v) is 12.3. The van der Waals surface area contributed by atoms with Crippen LogP contribution in [0.15, 0.2) is 42.5 Å². The first-order valence-corrected chi connectivity index (χ1v) is 15.1. The van der Waals surface area contributed by atoms with E-state index in [0.29, 0.717) is 48.0 Å². The molecular weight excluding hydrogens is 558 g/mol. The number of nitrogens with zero attached hydrogens (tertiary/aromatic N) is 1. The number of likely N-dealkylation sites (tertiary alicyclic amines) is 1. The number of halogens is 1. The van der Waals surface area contributed by atoms with E-state index in [9.17, 15) is 19.5 Å². The fourth-order valence-corrected chi connectivity index (χ4v) is 7.60. The zero-order chi connectivity index (χ0) is 30.4. The summed E-state index contributed by atoms with van der Waals surface area (Å²) in [4.78, 5) is 44.2. The number of rotatable bonds is 10. The van der Waals surface area contributed by atoms with Crippen molar-refractivity contribution in [3.8, 4) is 5.75 Å². The van der Waals surface area contributed by atoms with Gasteiger partial charge in [-0.1, -0.05) is 44.5 Å². The van der Waals surface area contributed by atoms with Crippen LogP contribution in [0.1, 0.15) is 52.5 Å². The minimum atomic E-state index is -1.23. The first-order valence-electron chi connectivity index (χ1n) is 14.8. The van der Waals surface area contributed by atoms with Gasteiger partial charge in [0.25, 0.3) is 0 Å². The summed E-state index contributed by atoms with van der Waals surface area (Å²) in [7, 11) is 0. The third-order valence-electron chi connectivity index (χ3n) is 9.37. The number of benzene rings is 2. The van der Waals surface area contributed by atoms with Crippen molar-refractivity contribution in [3.05, 3.63) is 53.1 Å². The van der Waals surface area contributed by atoms with E-state index < -0.39 is 41.0 Å². The molecule has 2 bridgehead atoms. The maximum atomic E-state index is 14.5. The van der Waals surface area contributed by atoms with Crippen molar-refractivity contribution in [3.63, 3.8) is 0 Å². The van der Waals surface area contributed by atoms with E-state index >= 15 is 0 Å². The number of aryl methyl sites for hydroxylation is 1. The Balaban J connectivity index is 1.55. The summed E-state index contributed by atoms with van der Waals surface area (Å²) in [6, 6.07) is 10.7. The molecular formula is C32H40ClN3O6. The van der Waals surface area contributed by atoms with Crippen LogP contribution >= 0.6 is 11.6 Å². The van der Waals surface area contributed by atoms with Crippen LogP contribution in [0, 0.1) is 24.7 Å². The molecule has 2 aromatic rings. The highest BCUT2D eigenvalue weighted by Crippen LogP contribution is 2.64. The van der Waals surface area contributed by atoms with E-state index in [1.807, 2.05) is 40.7 Å². The molecule has 0 aromatic heterocycles. The Morgan fingerprint density at radius 3 is 2.43 bits per heavy atom. The molecule has 3 aliphatic rings. The normalized spacial score (nSPS) is 28.6. The van der Waals surface area contributed by atoms with Crippen LogP contribution in [0.3, 0.4) is 0 Å². The zero-order valence-electron chi connectivity index (χ0n) is 24.8. The molecule has 42 heavy (non-hydrogen) atoms. The smallest absolute Gasteiger partial charge is 0.250 e. The number of para-hydroxylation sites is 1. The van der Waals surface area contributed by atoms with Crippen LogP contribution in [0.25, 0.3) is 0 Å². The van der Waals surface area contributed by atoms with Gasteiger partial charge in [0.1, 0.15) is 17.4 Å². The number of aliphatic hydroxyl groups is 1. The van der Waals surface area contributed by atoms with E-state index in [1.165, 1.54) is 4.90 Å². The predicted molar refractivity (Wildman–Crippen MR) is 160 cm³/mol. The molecule has 1 spiro atoms. The number of aliphatic hydroxyl groups excluding tert-OH is 1. The summed E-state index contributed by atoms with van der Waals surface area (Å²) in [5.74, 6) is -2.28. The lowest BCUT2D eigenvalue weighted by Crippen LogP contribution is -2.57. The molecule has 226 valence electrons. The second kappa shape index (κ2) is 11.5. The average molecular weight is 598 g/mol. The summed E-state index contributed by atoms with van der Waals surface area (Å²) < 4.78 is 12.3. The monoisotopic (exact) mass is 597 g/mol. The molecule has 5 rings (SSSR count). The van der Waals surface area contributed by atoms with Crippen molar-refractivity contribution < 1.29 is 29.0 Å². The maximum absolute atomic E-state index is 14.5. The number of amides is 3. The van der Waals surface area contributed by atoms with Crippen molar-refractivity contribution in [2.24, 2.45) is 17.8 Å². The van der Waals surface area contributed by atoms with Crippen LogP contribution in [0.5, 0.6) is 5.75 Å². The molecule has 6 atom stereocenters. The van der Waals surface area contributed by atoms with E-state index in [0.717, 1.165) is 5.56 Å². The topological polar surface area (TPSA) is 117 Å². The van der Waals surface area contributed by atoms with E-state index in [2.05, 4.69) is 10.6 Å². The number of hydrogen-bond donors (Lipinski definition) is 3. The van der Waals surface area contributed by atoms with Crippen LogP contribution in [0.4, 0.5) is 11.4 Å². The number of hydrogen-bond acceptors (Lipinski definition) is 6. The molecule has 9 nitrogen and oxygen atoms in total. The van der Waals surface area contributed by atoms with Crippen molar-refractivity contribution >= 4 is 40.7 Å². The van der Waals surface area contributed by atoms with Gasteiger partial charge in [0.15, 0.2) is 0 Å². The largest absolute Gasteiger partial charge is 0.494 e. The number of carbonyl (C=O) groups is 3. The molecule has 0 aliphatic carbocycles. The van der Waals surface area contributed by atoms with Gasteiger partial charge in [-0.3, -0.25) is 14.4 Å². The molecule has 0 saturated carbocycles. The van der Waals surface area contributed by atoms with Crippen molar-refractivity contribution in [1.82, 2.24) is 4.90 Å². The number of fused-ring (bicyclic) bond motifs is 1. The SMILES string of the molecule is CCOc1ccc(NC(=O)[C@@H]2[C@H]3C(=O)N([C@@H](CO)C(C)C)C(C(=O)Nc4c(C)cccc4Cl)C34CC[C@@]2(CC)O4)cc1. The van der Waals surface area contributed by atoms with E-state index in [-0.39, 0.29) is 24.3 Å². The van der Waals surface area contributed by atoms with Crippen molar-refractivity contribution in [1.29, 1.82) is 0 Å². The fraction of sp³-hybridized carbons (Fsp3) is 0.531. The highest BCUT2D eigenvalue weighted by molar-refractivity contribution is 6.34. The minimum Gasteiger partial charge on any atom is -0.494 e. The number of nitrogens with one attached hydrogen (secondary N) is 2. The molecule has 3 N–H and O–H groups in total. The summed E-state index contributed by atoms with van der Waals surface area (Å²) in [5, 5.41) is 16.8. The highest BCUT2D eigenvalue weighted by Gasteiger charge is 2.79. The molecule has 3 fully saturated rings. The lowest BCUT2D eigenvalue weighted by Gasteiger charge is -2.38. The number of carbonyl (C=O) groups excluding carboxylic acids is 3. The van der Waals surface area contributed by atoms with E-state index in [4.69, 9.17) is 21.1 Å². The van der Waals surface area contributed by atoms with Gasteiger partial charge in [-0.05, 0) is 74.9 Å². The van der Waals surface area contributed by atoms with Gasteiger partial charge in [0.05, 0.1) is 47.4 Å². The lowest BCUT2D eigenvalue weighted by atomic mass is 9.65. The highest BCUT2D eigenvalue weighted by atomic mass is 35.5. The van der Waals surface area contributed by atoms with Crippen molar-refractivity contribution in [2.45, 2.75) is 77.2 Å². The van der Waals surface area contributed by atoms with Gasteiger partial charge in [0.2, 0.25) is 17.7 Å². The number of ether oxygens (including phenoxy) is 2. The Labute approximate surface area is 251 Å². The Bertz CT molecular complexity index is 1350. The van der Waals surface area contributed by atoms with Gasteiger partial charge >= 0.3 is 0 Å². The predicted octanol–water partition coefficient (Wildman–Crippen LogP) is 4.80. The first-order chi connectivity index (χ1) is 20.0. The van der Waals surface area contributed by atoms with Gasteiger partial charge in [-0.15, -0.1) is 0 Å². The lowest BCUT2D eigenvalue weighted by molar-refractivity contribution is -0.149. The summed E-state index contributed by atoms with van der Waals surface area (Å²) in [6.45, 7) is 9.69. The Morgan fingerprint density at radius 2 is 1.83 bits per heavy atom. The Kier molecular flexibility index (Phi) is 8.31. The standard InChI is InChI=1S/C32H40ClN3O6/c1-6-31-15-16-32(42-31)25(24(31)28(38)34-20-11-13-21(14-12-20)41-7-2)30(40)36(23(17-37)18(3)4)27(32)29(39)35-26-19(5)9-8-10-22(26)33/h8-14,18,23-25,27,37H,6-7,15-17H2,1-5H3,(H,34,38)(H,35,39)/t23-,24-,25-,27?,31+,32?/m0/s1. The van der Waals surface area contributed by atoms with Gasteiger partial charge < -0.3 is 30.1 Å².